The first-order valence-electron chi connectivity index (χ1n) is 11.4. The van der Waals surface area contributed by atoms with Gasteiger partial charge in [0.2, 0.25) is 11.8 Å². The standard InChI is InChI=1S/C31H26N2O2/c34-30(21-15-24-7-3-1-4-8-24)32-28-17-11-26(12-18-28)23-27-13-19-29(20-14-27)33-31(35)22-16-25-9-5-2-6-10-25/h1-22H,23H2,(H,32,34)(H,33,35). The van der Waals surface area contributed by atoms with E-state index in [1.54, 1.807) is 12.2 Å². The van der Waals surface area contributed by atoms with E-state index in [9.17, 15) is 9.59 Å². The highest BCUT2D eigenvalue weighted by Gasteiger charge is 2.02. The highest BCUT2D eigenvalue weighted by molar-refractivity contribution is 6.02. The summed E-state index contributed by atoms with van der Waals surface area (Å²) >= 11 is 0. The van der Waals surface area contributed by atoms with Crippen LogP contribution in [0.3, 0.4) is 0 Å². The number of carbonyl (C=O) groups excluding carboxylic acids is 2. The van der Waals surface area contributed by atoms with E-state index in [0.29, 0.717) is 0 Å². The van der Waals surface area contributed by atoms with Gasteiger partial charge in [-0.3, -0.25) is 9.59 Å². The van der Waals surface area contributed by atoms with Crippen LogP contribution < -0.4 is 10.6 Å². The lowest BCUT2D eigenvalue weighted by molar-refractivity contribution is -0.112. The summed E-state index contributed by atoms with van der Waals surface area (Å²) in [4.78, 5) is 24.3. The minimum absolute atomic E-state index is 0.169. The van der Waals surface area contributed by atoms with Gasteiger partial charge in [0.05, 0.1) is 0 Å². The molecule has 4 aromatic carbocycles. The highest BCUT2D eigenvalue weighted by atomic mass is 16.2. The van der Waals surface area contributed by atoms with Gasteiger partial charge in [-0.15, -0.1) is 0 Å². The van der Waals surface area contributed by atoms with Gasteiger partial charge in [-0.2, -0.15) is 0 Å². The molecule has 4 rings (SSSR count). The Hall–Kier alpha value is -4.70. The van der Waals surface area contributed by atoms with Crippen molar-refractivity contribution in [1.29, 1.82) is 0 Å². The minimum Gasteiger partial charge on any atom is -0.323 e. The number of carbonyl (C=O) groups is 2. The molecule has 2 N–H and O–H groups in total. The topological polar surface area (TPSA) is 58.2 Å². The van der Waals surface area contributed by atoms with Gasteiger partial charge in [0.25, 0.3) is 0 Å². The Bertz CT molecular complexity index is 1200. The Morgan fingerprint density at radius 1 is 0.514 bits per heavy atom. The average molecular weight is 459 g/mol. The predicted molar refractivity (Wildman–Crippen MR) is 144 cm³/mol. The molecule has 0 spiro atoms. The van der Waals surface area contributed by atoms with Crippen LogP contribution in [-0.2, 0) is 16.0 Å². The molecule has 0 fully saturated rings. The van der Waals surface area contributed by atoms with E-state index in [1.165, 1.54) is 12.2 Å². The summed E-state index contributed by atoms with van der Waals surface area (Å²) in [5, 5.41) is 5.76. The Labute approximate surface area is 205 Å². The molecule has 0 bridgehead atoms. The molecular weight excluding hydrogens is 432 g/mol. The Morgan fingerprint density at radius 2 is 0.886 bits per heavy atom. The van der Waals surface area contributed by atoms with Crippen LogP contribution in [0, 0.1) is 0 Å². The smallest absolute Gasteiger partial charge is 0.248 e. The third-order valence-corrected chi connectivity index (χ3v) is 5.30. The molecule has 4 nitrogen and oxygen atoms in total. The molecule has 172 valence electrons. The fraction of sp³-hybridized carbons (Fsp3) is 0.0323. The van der Waals surface area contributed by atoms with Gasteiger partial charge in [0.15, 0.2) is 0 Å². The van der Waals surface area contributed by atoms with Crippen molar-refractivity contribution in [3.05, 3.63) is 144 Å². The maximum Gasteiger partial charge on any atom is 0.248 e. The van der Waals surface area contributed by atoms with E-state index in [-0.39, 0.29) is 11.8 Å². The van der Waals surface area contributed by atoms with Gasteiger partial charge in [0, 0.05) is 23.5 Å². The Kier molecular flexibility index (Phi) is 8.01. The van der Waals surface area contributed by atoms with E-state index in [0.717, 1.165) is 40.0 Å². The lowest BCUT2D eigenvalue weighted by Crippen LogP contribution is -2.08. The lowest BCUT2D eigenvalue weighted by Gasteiger charge is -2.07. The van der Waals surface area contributed by atoms with Gasteiger partial charge in [-0.05, 0) is 65.1 Å². The fourth-order valence-corrected chi connectivity index (χ4v) is 3.49. The summed E-state index contributed by atoms with van der Waals surface area (Å²) in [7, 11) is 0. The zero-order valence-corrected chi connectivity index (χ0v) is 19.2. The predicted octanol–water partition coefficient (Wildman–Crippen LogP) is 6.58. The Morgan fingerprint density at radius 3 is 1.26 bits per heavy atom. The van der Waals surface area contributed by atoms with E-state index in [1.807, 2.05) is 109 Å². The number of hydrogen-bond donors (Lipinski definition) is 2. The zero-order chi connectivity index (χ0) is 24.3. The van der Waals surface area contributed by atoms with E-state index >= 15 is 0 Å². The normalized spacial score (nSPS) is 11.0. The number of hydrogen-bond acceptors (Lipinski definition) is 2. The molecule has 0 aliphatic heterocycles. The summed E-state index contributed by atoms with van der Waals surface area (Å²) in [6.07, 6.45) is 7.39. The second-order valence-electron chi connectivity index (χ2n) is 8.04. The van der Waals surface area contributed by atoms with Crippen molar-refractivity contribution < 1.29 is 9.59 Å². The average Bonchev–Trinajstić information content (AvgIpc) is 2.90. The summed E-state index contributed by atoms with van der Waals surface area (Å²) in [5.41, 5.74) is 5.71. The molecule has 0 saturated carbocycles. The van der Waals surface area contributed by atoms with Crippen molar-refractivity contribution in [1.82, 2.24) is 0 Å². The molecule has 0 aliphatic carbocycles. The van der Waals surface area contributed by atoms with Gasteiger partial charge in [-0.1, -0.05) is 84.9 Å². The molecule has 0 atom stereocenters. The first kappa shape index (κ1) is 23.5. The first-order valence-corrected chi connectivity index (χ1v) is 11.4. The molecule has 0 aromatic heterocycles. The third-order valence-electron chi connectivity index (χ3n) is 5.30. The van der Waals surface area contributed by atoms with Crippen LogP contribution in [-0.4, -0.2) is 11.8 Å². The van der Waals surface area contributed by atoms with Crippen LogP contribution in [0.4, 0.5) is 11.4 Å². The maximum atomic E-state index is 12.2. The molecule has 4 heteroatoms. The molecule has 0 saturated heterocycles. The van der Waals surface area contributed by atoms with Gasteiger partial charge in [-0.25, -0.2) is 0 Å². The van der Waals surface area contributed by atoms with Crippen LogP contribution in [0.25, 0.3) is 12.2 Å². The van der Waals surface area contributed by atoms with Crippen molar-refractivity contribution >= 4 is 35.3 Å². The quantitative estimate of drug-likeness (QED) is 0.293. The van der Waals surface area contributed by atoms with Crippen LogP contribution in [0.2, 0.25) is 0 Å². The number of amides is 2. The molecule has 0 unspecified atom stereocenters. The van der Waals surface area contributed by atoms with Crippen molar-refractivity contribution in [3.8, 4) is 0 Å². The molecule has 0 aliphatic rings. The van der Waals surface area contributed by atoms with Crippen LogP contribution in [0.1, 0.15) is 22.3 Å². The number of anilines is 2. The fourth-order valence-electron chi connectivity index (χ4n) is 3.49. The molecule has 35 heavy (non-hydrogen) atoms. The van der Waals surface area contributed by atoms with Crippen molar-refractivity contribution in [3.63, 3.8) is 0 Å². The van der Waals surface area contributed by atoms with Crippen LogP contribution in [0.5, 0.6) is 0 Å². The molecular formula is C31H26N2O2. The van der Waals surface area contributed by atoms with Crippen molar-refractivity contribution in [2.75, 3.05) is 10.6 Å². The molecule has 4 aromatic rings. The van der Waals surface area contributed by atoms with Crippen molar-refractivity contribution in [2.24, 2.45) is 0 Å². The third kappa shape index (κ3) is 7.69. The van der Waals surface area contributed by atoms with Crippen LogP contribution in [0.15, 0.2) is 121 Å². The van der Waals surface area contributed by atoms with E-state index in [2.05, 4.69) is 10.6 Å². The van der Waals surface area contributed by atoms with E-state index < -0.39 is 0 Å². The highest BCUT2D eigenvalue weighted by Crippen LogP contribution is 2.16. The summed E-state index contributed by atoms with van der Waals surface area (Å²) < 4.78 is 0. The largest absolute Gasteiger partial charge is 0.323 e. The maximum absolute atomic E-state index is 12.2. The number of rotatable bonds is 8. The summed E-state index contributed by atoms with van der Waals surface area (Å²) in [6.45, 7) is 0. The monoisotopic (exact) mass is 458 g/mol. The zero-order valence-electron chi connectivity index (χ0n) is 19.2. The lowest BCUT2D eigenvalue weighted by atomic mass is 10.0. The van der Waals surface area contributed by atoms with Gasteiger partial charge < -0.3 is 10.6 Å². The Balaban J connectivity index is 1.27. The molecule has 2 amide bonds. The van der Waals surface area contributed by atoms with Gasteiger partial charge in [0.1, 0.15) is 0 Å². The molecule has 0 radical (unpaired) electrons. The van der Waals surface area contributed by atoms with Crippen LogP contribution >= 0.6 is 0 Å². The summed E-state index contributed by atoms with van der Waals surface area (Å²) in [5.74, 6) is -0.337. The number of benzene rings is 4. The van der Waals surface area contributed by atoms with Gasteiger partial charge >= 0.3 is 0 Å². The second kappa shape index (κ2) is 12.0. The summed E-state index contributed by atoms with van der Waals surface area (Å²) in [6, 6.07) is 35.0. The minimum atomic E-state index is -0.169. The number of nitrogens with one attached hydrogen (secondary N) is 2. The SMILES string of the molecule is O=C(C=Cc1ccccc1)Nc1ccc(Cc2ccc(NC(=O)C=Cc3ccccc3)cc2)cc1. The van der Waals surface area contributed by atoms with E-state index in [4.69, 9.17) is 0 Å². The molecule has 0 heterocycles. The first-order chi connectivity index (χ1) is 17.1. The van der Waals surface area contributed by atoms with Crippen molar-refractivity contribution in [2.45, 2.75) is 6.42 Å². The second-order valence-corrected chi connectivity index (χ2v) is 8.04.